The van der Waals surface area contributed by atoms with Gasteiger partial charge in [0.05, 0.1) is 11.7 Å². The van der Waals surface area contributed by atoms with E-state index in [4.69, 9.17) is 27.3 Å². The summed E-state index contributed by atoms with van der Waals surface area (Å²) in [7, 11) is 0. The van der Waals surface area contributed by atoms with E-state index in [1.165, 1.54) is 18.7 Å². The molecule has 15 nitrogen and oxygen atoms in total. The first-order chi connectivity index (χ1) is 22.0. The second-order valence-electron chi connectivity index (χ2n) is 11.0. The first-order valence-corrected chi connectivity index (χ1v) is 16.5. The third kappa shape index (κ3) is 6.02. The Labute approximate surface area is 275 Å². The first-order valence-electron chi connectivity index (χ1n) is 14.3. The summed E-state index contributed by atoms with van der Waals surface area (Å²) in [5.41, 5.74) is 7.28. The molecule has 3 aromatic rings. The summed E-state index contributed by atoms with van der Waals surface area (Å²) in [6, 6.07) is 4.81. The van der Waals surface area contributed by atoms with Crippen molar-refractivity contribution in [2.24, 2.45) is 11.1 Å². The molecule has 0 saturated carbocycles. The number of aromatic nitrogens is 3. The van der Waals surface area contributed by atoms with Crippen molar-refractivity contribution >= 4 is 80.3 Å². The Kier molecular flexibility index (Phi) is 8.91. The Bertz CT molecular complexity index is 1800. The predicted octanol–water partition coefficient (Wildman–Crippen LogP) is -0.472. The fourth-order valence-electron chi connectivity index (χ4n) is 5.70. The maximum absolute atomic E-state index is 13.4. The van der Waals surface area contributed by atoms with Gasteiger partial charge >= 0.3 is 5.97 Å². The summed E-state index contributed by atoms with van der Waals surface area (Å²) in [5, 5.41) is 30.4. The molecule has 0 aliphatic carbocycles. The molecule has 18 heteroatoms. The minimum Gasteiger partial charge on any atom is -0.543 e. The minimum absolute atomic E-state index is 0.00296. The van der Waals surface area contributed by atoms with Crippen LogP contribution in [0.1, 0.15) is 19.0 Å². The van der Waals surface area contributed by atoms with Gasteiger partial charge in [0.15, 0.2) is 23.6 Å². The fraction of sp³-hybridized carbons (Fsp3) is 0.393. The normalized spacial score (nSPS) is 22.0. The number of fused-ring (bicyclic) bond motifs is 2. The van der Waals surface area contributed by atoms with Crippen molar-refractivity contribution in [3.05, 3.63) is 51.9 Å². The van der Waals surface area contributed by atoms with Crippen LogP contribution in [0.2, 0.25) is 4.34 Å². The number of carboxylic acid groups (broad SMARTS) is 2. The molecule has 3 aliphatic heterocycles. The number of carbonyl (C=O) groups is 4. The third-order valence-corrected chi connectivity index (χ3v) is 10.4. The molecule has 0 spiro atoms. The van der Waals surface area contributed by atoms with Crippen LogP contribution in [0, 0.1) is 5.92 Å². The molecule has 2 fully saturated rings. The number of hydrogen-bond acceptors (Lipinski definition) is 12. The van der Waals surface area contributed by atoms with E-state index in [-0.39, 0.29) is 33.2 Å². The molecule has 3 aromatic heterocycles. The molecule has 0 unspecified atom stereocenters. The van der Waals surface area contributed by atoms with Crippen molar-refractivity contribution in [3.8, 4) is 0 Å². The molecule has 3 aliphatic rings. The van der Waals surface area contributed by atoms with Crippen LogP contribution in [0.5, 0.6) is 0 Å². The lowest BCUT2D eigenvalue weighted by atomic mass is 10.0. The van der Waals surface area contributed by atoms with Crippen LogP contribution >= 0.6 is 34.7 Å². The zero-order valence-electron chi connectivity index (χ0n) is 24.3. The topological polar surface area (TPSA) is 208 Å². The van der Waals surface area contributed by atoms with Crippen molar-refractivity contribution in [3.63, 3.8) is 0 Å². The van der Waals surface area contributed by atoms with E-state index in [0.717, 1.165) is 53.3 Å². The Morgan fingerprint density at radius 1 is 1.39 bits per heavy atom. The van der Waals surface area contributed by atoms with Crippen LogP contribution in [-0.4, -0.2) is 85.4 Å². The van der Waals surface area contributed by atoms with Crippen molar-refractivity contribution in [2.75, 3.05) is 24.6 Å². The van der Waals surface area contributed by atoms with Gasteiger partial charge in [0.1, 0.15) is 27.0 Å². The number of nitrogen functional groups attached to an aromatic ring is 1. The van der Waals surface area contributed by atoms with Gasteiger partial charge in [-0.15, -0.1) is 11.8 Å². The largest absolute Gasteiger partial charge is 0.543 e. The number of amides is 2. The van der Waals surface area contributed by atoms with Gasteiger partial charge in [0.2, 0.25) is 11.6 Å². The van der Waals surface area contributed by atoms with Crippen LogP contribution in [0.15, 0.2) is 47.0 Å². The Morgan fingerprint density at radius 2 is 2.20 bits per heavy atom. The van der Waals surface area contributed by atoms with Gasteiger partial charge in [-0.25, -0.2) is 9.78 Å². The minimum atomic E-state index is -1.50. The van der Waals surface area contributed by atoms with E-state index in [0.29, 0.717) is 11.5 Å². The van der Waals surface area contributed by atoms with E-state index >= 15 is 0 Å². The van der Waals surface area contributed by atoms with Crippen LogP contribution < -0.4 is 26.0 Å². The highest BCUT2D eigenvalue weighted by Gasteiger charge is 2.53. The van der Waals surface area contributed by atoms with Gasteiger partial charge in [-0.2, -0.15) is 4.57 Å². The Morgan fingerprint density at radius 3 is 2.87 bits per heavy atom. The molecule has 242 valence electrons. The van der Waals surface area contributed by atoms with E-state index in [1.807, 2.05) is 35.2 Å². The number of pyridine rings is 1. The smallest absolute Gasteiger partial charge is 0.347 e. The maximum atomic E-state index is 13.4. The highest BCUT2D eigenvalue weighted by molar-refractivity contribution is 8.00. The number of aliphatic carboxylic acids is 2. The Balaban J connectivity index is 1.22. The van der Waals surface area contributed by atoms with Crippen LogP contribution in [0.25, 0.3) is 11.0 Å². The molecule has 46 heavy (non-hydrogen) atoms. The van der Waals surface area contributed by atoms with Crippen LogP contribution in [0.3, 0.4) is 0 Å². The lowest BCUT2D eigenvalue weighted by molar-refractivity contribution is -0.663. The van der Waals surface area contributed by atoms with E-state index < -0.39 is 47.0 Å². The van der Waals surface area contributed by atoms with Gasteiger partial charge in [0.25, 0.3) is 11.8 Å². The van der Waals surface area contributed by atoms with Crippen molar-refractivity contribution in [1.29, 1.82) is 0 Å². The van der Waals surface area contributed by atoms with E-state index in [2.05, 4.69) is 25.3 Å². The standard InChI is InChI=1S/C28H29ClN8O7S2/c1-13(26(40)41)44-34-19(18-22(29)46-28(30)33-18)23(38)32-20-24(39)37-21(27(42)43)15(12-45-25(20)37)11-35-7-2-3-16-17(35)5-8-36(16)10-14-4-6-31-9-14/h2-3,5,7-8,13-14,20,25,31H,4,6,9-12H2,1H3,(H4-,30,32,33,38,40,41,42,43)/b34-19-/t13-,14-,20+,25+/m0/s1. The molecule has 6 heterocycles. The number of carboxylic acids is 2. The van der Waals surface area contributed by atoms with E-state index in [1.54, 1.807) is 0 Å². The average molecular weight is 689 g/mol. The lowest BCUT2D eigenvalue weighted by Crippen LogP contribution is -2.71. The summed E-state index contributed by atoms with van der Waals surface area (Å²) in [6.45, 7) is 4.28. The number of β-lactam (4-membered cyclic amide) rings is 1. The molecule has 6 rings (SSSR count). The molecule has 0 bridgehead atoms. The van der Waals surface area contributed by atoms with E-state index in [9.17, 15) is 24.3 Å². The van der Waals surface area contributed by atoms with Crippen molar-refractivity contribution < 1.29 is 38.8 Å². The van der Waals surface area contributed by atoms with Crippen LogP contribution in [0.4, 0.5) is 5.13 Å². The maximum Gasteiger partial charge on any atom is 0.347 e. The average Bonchev–Trinajstić information content (AvgIpc) is 3.77. The van der Waals surface area contributed by atoms with Gasteiger partial charge in [-0.3, -0.25) is 14.5 Å². The number of nitrogens with one attached hydrogen (secondary N) is 2. The number of carbonyl (C=O) groups excluding carboxylic acids is 3. The molecule has 0 aromatic carbocycles. The summed E-state index contributed by atoms with van der Waals surface area (Å²) < 4.78 is 4.15. The summed E-state index contributed by atoms with van der Waals surface area (Å²) in [6.07, 6.45) is 3.60. The molecule has 2 amide bonds. The zero-order valence-corrected chi connectivity index (χ0v) is 26.7. The second-order valence-corrected chi connectivity index (χ2v) is 13.8. The quantitative estimate of drug-likeness (QED) is 0.0876. The number of anilines is 1. The lowest BCUT2D eigenvalue weighted by Gasteiger charge is -2.50. The summed E-state index contributed by atoms with van der Waals surface area (Å²) in [5.74, 6) is -3.63. The zero-order chi connectivity index (χ0) is 32.7. The van der Waals surface area contributed by atoms with Gasteiger partial charge in [0, 0.05) is 36.2 Å². The molecular formula is C28H29ClN8O7S2. The van der Waals surface area contributed by atoms with Crippen LogP contribution in [-0.2, 0) is 37.1 Å². The van der Waals surface area contributed by atoms with Gasteiger partial charge in [-0.1, -0.05) is 28.1 Å². The highest BCUT2D eigenvalue weighted by atomic mass is 35.5. The number of nitrogens with zero attached hydrogens (tertiary/aromatic N) is 5. The Hall–Kier alpha value is -4.19. The number of thioether (sulfide) groups is 1. The van der Waals surface area contributed by atoms with Crippen molar-refractivity contribution in [1.82, 2.24) is 25.1 Å². The second kappa shape index (κ2) is 12.9. The summed E-state index contributed by atoms with van der Waals surface area (Å²) in [4.78, 5) is 60.4. The number of halogens is 1. The third-order valence-electron chi connectivity index (χ3n) is 8.01. The highest BCUT2D eigenvalue weighted by Crippen LogP contribution is 2.40. The first kappa shape index (κ1) is 31.8. The van der Waals surface area contributed by atoms with Gasteiger partial charge in [-0.05, 0) is 38.4 Å². The number of nitrogens with two attached hydrogens (primary N) is 1. The number of thiazole rings is 1. The fourth-order valence-corrected chi connectivity index (χ4v) is 7.97. The molecule has 5 N–H and O–H groups in total. The molecule has 0 radical (unpaired) electrons. The summed E-state index contributed by atoms with van der Waals surface area (Å²) >= 11 is 8.33. The number of hydrogen-bond donors (Lipinski definition) is 4. The van der Waals surface area contributed by atoms with Gasteiger partial charge < -0.3 is 40.8 Å². The SMILES string of the molecule is C[C@H](O/N=C(\C(=O)N[C@@H]1C(=O)N2C(C(=O)[O-])=C(C[n+]3cccc4c3ccn4C[C@H]3CCNC3)CS[C@H]12)c1nc(N)sc1Cl)C(=O)O. The molecule has 2 saturated heterocycles. The molecular weight excluding hydrogens is 660 g/mol. The number of rotatable bonds is 11. The molecule has 4 atom stereocenters. The monoisotopic (exact) mass is 688 g/mol. The van der Waals surface area contributed by atoms with Crippen molar-refractivity contribution in [2.45, 2.75) is 44.0 Å². The number of oxime groups is 1. The predicted molar refractivity (Wildman–Crippen MR) is 166 cm³/mol.